The number of esters is 1. The molecule has 0 aromatic heterocycles. The van der Waals surface area contributed by atoms with Crippen molar-refractivity contribution in [3.63, 3.8) is 0 Å². The predicted octanol–water partition coefficient (Wildman–Crippen LogP) is 2.81. The topological polar surface area (TPSA) is 63.7 Å². The first-order chi connectivity index (χ1) is 10.4. The summed E-state index contributed by atoms with van der Waals surface area (Å²) in [6, 6.07) is 5.91. The zero-order chi connectivity index (χ0) is 16.3. The first-order valence-electron chi connectivity index (χ1n) is 6.58. The lowest BCUT2D eigenvalue weighted by Crippen LogP contribution is -2.35. The van der Waals surface area contributed by atoms with Crippen LogP contribution in [-0.4, -0.2) is 34.7 Å². The Labute approximate surface area is 131 Å². The van der Waals surface area contributed by atoms with E-state index in [0.29, 0.717) is 11.8 Å². The molecule has 0 radical (unpaired) electrons. The summed E-state index contributed by atoms with van der Waals surface area (Å²) in [6.07, 6.45) is 0.968. The monoisotopic (exact) mass is 323 g/mol. The summed E-state index contributed by atoms with van der Waals surface area (Å²) in [5, 5.41) is -0.576. The van der Waals surface area contributed by atoms with E-state index >= 15 is 0 Å². The number of carbonyl (C=O) groups excluding carboxylic acids is 3. The fourth-order valence-electron chi connectivity index (χ4n) is 1.80. The number of amides is 2. The summed E-state index contributed by atoms with van der Waals surface area (Å²) in [5.74, 6) is -1.78. The second kappa shape index (κ2) is 6.74. The van der Waals surface area contributed by atoms with Crippen molar-refractivity contribution in [2.75, 3.05) is 6.54 Å². The minimum atomic E-state index is -0.663. The number of ether oxygens (including phenoxy) is 1. The van der Waals surface area contributed by atoms with Gasteiger partial charge in [-0.15, -0.1) is 0 Å². The van der Waals surface area contributed by atoms with Gasteiger partial charge in [0.05, 0.1) is 11.0 Å². The molecule has 0 bridgehead atoms. The highest BCUT2D eigenvalue weighted by Gasteiger charge is 2.36. The molecule has 0 N–H and O–H groups in total. The lowest BCUT2D eigenvalue weighted by atomic mass is 10.2. The lowest BCUT2D eigenvalue weighted by molar-refractivity contribution is -0.149. The van der Waals surface area contributed by atoms with E-state index in [2.05, 4.69) is 0 Å². The van der Waals surface area contributed by atoms with Crippen LogP contribution in [0.15, 0.2) is 29.2 Å². The number of rotatable bonds is 4. The number of hydrogen-bond acceptors (Lipinski definition) is 5. The number of nitrogens with zero attached hydrogens (tertiary/aromatic N) is 1. The van der Waals surface area contributed by atoms with E-state index < -0.39 is 29.5 Å². The van der Waals surface area contributed by atoms with Crippen molar-refractivity contribution in [2.24, 2.45) is 0 Å². The Kier molecular flexibility index (Phi) is 4.97. The molecule has 2 rings (SSSR count). The molecule has 0 spiro atoms. The third-order valence-electron chi connectivity index (χ3n) is 2.72. The molecule has 0 atom stereocenters. The van der Waals surface area contributed by atoms with Crippen LogP contribution in [0.1, 0.15) is 19.4 Å². The van der Waals surface area contributed by atoms with Gasteiger partial charge in [-0.3, -0.25) is 19.3 Å². The van der Waals surface area contributed by atoms with E-state index in [0.717, 1.165) is 4.90 Å². The van der Waals surface area contributed by atoms with Crippen LogP contribution < -0.4 is 0 Å². The van der Waals surface area contributed by atoms with Crippen molar-refractivity contribution in [2.45, 2.75) is 20.0 Å². The van der Waals surface area contributed by atoms with E-state index in [-0.39, 0.29) is 16.6 Å². The molecule has 0 saturated carbocycles. The van der Waals surface area contributed by atoms with Gasteiger partial charge < -0.3 is 4.74 Å². The molecule has 1 saturated heterocycles. The van der Waals surface area contributed by atoms with E-state index in [1.54, 1.807) is 19.9 Å². The molecular weight excluding hydrogens is 309 g/mol. The first-order valence-corrected chi connectivity index (χ1v) is 7.39. The van der Waals surface area contributed by atoms with E-state index in [1.807, 2.05) is 0 Å². The molecule has 0 unspecified atom stereocenters. The molecule has 1 aromatic carbocycles. The van der Waals surface area contributed by atoms with Crippen LogP contribution in [0.25, 0.3) is 6.08 Å². The van der Waals surface area contributed by atoms with Crippen molar-refractivity contribution in [1.29, 1.82) is 0 Å². The Balaban J connectivity index is 2.15. The van der Waals surface area contributed by atoms with Crippen LogP contribution in [0.4, 0.5) is 9.18 Å². The summed E-state index contributed by atoms with van der Waals surface area (Å²) in [6.45, 7) is 2.89. The van der Waals surface area contributed by atoms with Gasteiger partial charge in [-0.25, -0.2) is 4.39 Å². The molecule has 22 heavy (non-hydrogen) atoms. The molecule has 2 amide bonds. The van der Waals surface area contributed by atoms with Gasteiger partial charge >= 0.3 is 5.97 Å². The van der Waals surface area contributed by atoms with Crippen molar-refractivity contribution < 1.29 is 23.5 Å². The summed E-state index contributed by atoms with van der Waals surface area (Å²) < 4.78 is 18.5. The highest BCUT2D eigenvalue weighted by atomic mass is 32.2. The van der Waals surface area contributed by atoms with Gasteiger partial charge in [-0.1, -0.05) is 18.2 Å². The second-order valence-corrected chi connectivity index (χ2v) is 5.82. The van der Waals surface area contributed by atoms with Crippen molar-refractivity contribution in [3.8, 4) is 0 Å². The SMILES string of the molecule is CC(C)OC(=O)CN1C(=O)S/C(=C\c2ccccc2F)C1=O. The van der Waals surface area contributed by atoms with Crippen LogP contribution in [0, 0.1) is 5.82 Å². The maximum absolute atomic E-state index is 13.6. The normalized spacial score (nSPS) is 16.7. The van der Waals surface area contributed by atoms with Crippen LogP contribution in [0.2, 0.25) is 0 Å². The molecule has 0 aliphatic carbocycles. The molecule has 1 heterocycles. The minimum Gasteiger partial charge on any atom is -0.462 e. The molecule has 116 valence electrons. The van der Waals surface area contributed by atoms with Crippen LogP contribution in [-0.2, 0) is 14.3 Å². The summed E-state index contributed by atoms with van der Waals surface area (Å²) in [4.78, 5) is 36.4. The highest BCUT2D eigenvalue weighted by Crippen LogP contribution is 2.32. The summed E-state index contributed by atoms with van der Waals surface area (Å²) in [7, 11) is 0. The fraction of sp³-hybridized carbons (Fsp3) is 0.267. The number of imide groups is 1. The van der Waals surface area contributed by atoms with Crippen LogP contribution >= 0.6 is 11.8 Å². The average Bonchev–Trinajstić information content (AvgIpc) is 2.68. The van der Waals surface area contributed by atoms with E-state index in [9.17, 15) is 18.8 Å². The Hall–Kier alpha value is -2.15. The van der Waals surface area contributed by atoms with E-state index in [4.69, 9.17) is 4.74 Å². The largest absolute Gasteiger partial charge is 0.462 e. The number of carbonyl (C=O) groups is 3. The smallest absolute Gasteiger partial charge is 0.326 e. The average molecular weight is 323 g/mol. The molecule has 1 aromatic rings. The zero-order valence-electron chi connectivity index (χ0n) is 12.0. The Morgan fingerprint density at radius 2 is 2.05 bits per heavy atom. The standard InChI is InChI=1S/C15H14FNO4S/c1-9(2)21-13(18)8-17-14(19)12(22-15(17)20)7-10-5-3-4-6-11(10)16/h3-7,9H,8H2,1-2H3/b12-7-. The summed E-state index contributed by atoms with van der Waals surface area (Å²) >= 11 is 0.670. The van der Waals surface area contributed by atoms with Gasteiger partial charge in [-0.2, -0.15) is 0 Å². The first kappa shape index (κ1) is 16.2. The predicted molar refractivity (Wildman–Crippen MR) is 80.3 cm³/mol. The van der Waals surface area contributed by atoms with E-state index in [1.165, 1.54) is 24.3 Å². The van der Waals surface area contributed by atoms with Gasteiger partial charge in [0.2, 0.25) is 0 Å². The molecular formula is C15H14FNO4S. The maximum Gasteiger partial charge on any atom is 0.326 e. The Bertz CT molecular complexity index is 657. The van der Waals surface area contributed by atoms with Crippen molar-refractivity contribution >= 4 is 35.0 Å². The molecule has 1 aliphatic heterocycles. The van der Waals surface area contributed by atoms with Gasteiger partial charge in [0.25, 0.3) is 11.1 Å². The van der Waals surface area contributed by atoms with Gasteiger partial charge in [0.15, 0.2) is 0 Å². The number of halogens is 1. The fourth-order valence-corrected chi connectivity index (χ4v) is 2.63. The Morgan fingerprint density at radius 3 is 2.68 bits per heavy atom. The van der Waals surface area contributed by atoms with Crippen LogP contribution in [0.5, 0.6) is 0 Å². The quantitative estimate of drug-likeness (QED) is 0.630. The number of thioether (sulfide) groups is 1. The van der Waals surface area contributed by atoms with Crippen LogP contribution in [0.3, 0.4) is 0 Å². The van der Waals surface area contributed by atoms with Crippen molar-refractivity contribution in [1.82, 2.24) is 4.90 Å². The number of benzene rings is 1. The number of hydrogen-bond donors (Lipinski definition) is 0. The zero-order valence-corrected chi connectivity index (χ0v) is 12.9. The third kappa shape index (κ3) is 3.73. The summed E-state index contributed by atoms with van der Waals surface area (Å²) in [5.41, 5.74) is 0.206. The van der Waals surface area contributed by atoms with Gasteiger partial charge in [0, 0.05) is 5.56 Å². The van der Waals surface area contributed by atoms with Crippen molar-refractivity contribution in [3.05, 3.63) is 40.6 Å². The second-order valence-electron chi connectivity index (χ2n) is 4.83. The third-order valence-corrected chi connectivity index (χ3v) is 3.63. The lowest BCUT2D eigenvalue weighted by Gasteiger charge is -2.13. The molecule has 7 heteroatoms. The highest BCUT2D eigenvalue weighted by molar-refractivity contribution is 8.18. The Morgan fingerprint density at radius 1 is 1.36 bits per heavy atom. The maximum atomic E-state index is 13.6. The molecule has 1 aliphatic rings. The molecule has 5 nitrogen and oxygen atoms in total. The van der Waals surface area contributed by atoms with Gasteiger partial charge in [-0.05, 0) is 37.8 Å². The molecule has 1 fully saturated rings. The minimum absolute atomic E-state index is 0.0763. The van der Waals surface area contributed by atoms with Gasteiger partial charge in [0.1, 0.15) is 12.4 Å².